The van der Waals surface area contributed by atoms with E-state index in [1.807, 2.05) is 25.1 Å². The number of anilines is 1. The largest absolute Gasteiger partial charge is 0.490 e. The lowest BCUT2D eigenvalue weighted by molar-refractivity contribution is 0.0171. The number of benzene rings is 1. The molecule has 1 fully saturated rings. The van der Waals surface area contributed by atoms with E-state index in [-0.39, 0.29) is 30.1 Å². The Kier molecular flexibility index (Phi) is 14.5. The van der Waals surface area contributed by atoms with Crippen LogP contribution in [0.1, 0.15) is 45.4 Å². The summed E-state index contributed by atoms with van der Waals surface area (Å²) in [6.07, 6.45) is 6.32. The first kappa shape index (κ1) is 27.9. The lowest BCUT2D eigenvalue weighted by atomic mass is 10.2. The van der Waals surface area contributed by atoms with Crippen molar-refractivity contribution < 1.29 is 23.7 Å². The number of rotatable bonds is 13. The van der Waals surface area contributed by atoms with Gasteiger partial charge in [-0.15, -0.1) is 24.0 Å². The predicted octanol–water partition coefficient (Wildman–Crippen LogP) is 4.23. The molecule has 9 heteroatoms. The van der Waals surface area contributed by atoms with E-state index in [0.717, 1.165) is 88.0 Å². The molecule has 1 atom stereocenters. The monoisotopic (exact) mass is 577 g/mol. The first-order valence-corrected chi connectivity index (χ1v) is 12.1. The minimum absolute atomic E-state index is 0. The van der Waals surface area contributed by atoms with Crippen molar-refractivity contribution in [3.63, 3.8) is 0 Å². The van der Waals surface area contributed by atoms with E-state index < -0.39 is 0 Å². The van der Waals surface area contributed by atoms with Gasteiger partial charge in [0.25, 0.3) is 0 Å². The zero-order chi connectivity index (χ0) is 22.3. The maximum atomic E-state index is 5.81. The second-order valence-electron chi connectivity index (χ2n) is 7.96. The molecule has 8 nitrogen and oxygen atoms in total. The number of aliphatic imine (C=N–C) groups is 1. The van der Waals surface area contributed by atoms with Gasteiger partial charge in [0.05, 0.1) is 25.9 Å². The van der Waals surface area contributed by atoms with Gasteiger partial charge in [0.1, 0.15) is 0 Å². The molecule has 2 heterocycles. The standard InChI is InChI=1S/C24H39N3O5.HI/c1-2-28-13-4-3-11-25-24(26-12-6-14-29-19-21-8-5-15-30-21)27-20-9-10-22-23(18-20)32-17-7-16-31-22;/h9-10,18,21H,2-8,11-17,19H2,1H3,(H2,25,26,27);1H. The highest BCUT2D eigenvalue weighted by molar-refractivity contribution is 14.0. The molecule has 33 heavy (non-hydrogen) atoms. The third-order valence-electron chi connectivity index (χ3n) is 5.27. The van der Waals surface area contributed by atoms with Crippen LogP contribution in [0.5, 0.6) is 11.5 Å². The van der Waals surface area contributed by atoms with Crippen molar-refractivity contribution in [1.29, 1.82) is 0 Å². The van der Waals surface area contributed by atoms with Gasteiger partial charge in [0, 0.05) is 57.7 Å². The van der Waals surface area contributed by atoms with Crippen molar-refractivity contribution in [2.75, 3.05) is 64.7 Å². The van der Waals surface area contributed by atoms with Crippen LogP contribution in [0.15, 0.2) is 23.2 Å². The van der Waals surface area contributed by atoms with Crippen molar-refractivity contribution in [1.82, 2.24) is 5.32 Å². The van der Waals surface area contributed by atoms with Crippen molar-refractivity contribution in [2.24, 2.45) is 4.99 Å². The van der Waals surface area contributed by atoms with Crippen molar-refractivity contribution in [3.8, 4) is 11.5 Å². The fourth-order valence-corrected chi connectivity index (χ4v) is 3.55. The van der Waals surface area contributed by atoms with Crippen molar-refractivity contribution in [2.45, 2.75) is 51.6 Å². The fourth-order valence-electron chi connectivity index (χ4n) is 3.55. The molecule has 1 aromatic rings. The first-order valence-electron chi connectivity index (χ1n) is 12.1. The number of fused-ring (bicyclic) bond motifs is 1. The van der Waals surface area contributed by atoms with Crippen molar-refractivity contribution in [3.05, 3.63) is 18.2 Å². The number of halogens is 1. The Morgan fingerprint density at radius 1 is 1.03 bits per heavy atom. The Hall–Kier alpha value is -1.30. The quantitative estimate of drug-likeness (QED) is 0.157. The third kappa shape index (κ3) is 11.1. The average molecular weight is 578 g/mol. The molecule has 0 radical (unpaired) electrons. The normalized spacial score (nSPS) is 17.8. The molecule has 188 valence electrons. The Balaban J connectivity index is 0.00000385. The summed E-state index contributed by atoms with van der Waals surface area (Å²) in [4.78, 5) is 4.73. The summed E-state index contributed by atoms with van der Waals surface area (Å²) in [6.45, 7) is 8.69. The minimum atomic E-state index is 0. The molecule has 0 saturated carbocycles. The second-order valence-corrected chi connectivity index (χ2v) is 7.96. The number of unbranched alkanes of at least 4 members (excludes halogenated alkanes) is 1. The van der Waals surface area contributed by atoms with Crippen LogP contribution >= 0.6 is 24.0 Å². The highest BCUT2D eigenvalue weighted by Crippen LogP contribution is 2.32. The molecule has 1 aromatic carbocycles. The van der Waals surface area contributed by atoms with E-state index in [9.17, 15) is 0 Å². The summed E-state index contributed by atoms with van der Waals surface area (Å²) in [5.74, 6) is 2.32. The Morgan fingerprint density at radius 2 is 1.88 bits per heavy atom. The first-order chi connectivity index (χ1) is 15.8. The van der Waals surface area contributed by atoms with Gasteiger partial charge in [-0.25, -0.2) is 0 Å². The lowest BCUT2D eigenvalue weighted by Gasteiger charge is -2.15. The molecule has 2 aliphatic rings. The van der Waals surface area contributed by atoms with Gasteiger partial charge >= 0.3 is 0 Å². The number of ether oxygens (including phenoxy) is 5. The number of hydrogen-bond acceptors (Lipinski definition) is 6. The smallest absolute Gasteiger partial charge is 0.195 e. The molecule has 1 saturated heterocycles. The Morgan fingerprint density at radius 3 is 2.70 bits per heavy atom. The maximum absolute atomic E-state index is 5.81. The number of guanidine groups is 1. The predicted molar refractivity (Wildman–Crippen MR) is 142 cm³/mol. The molecule has 0 bridgehead atoms. The van der Waals surface area contributed by atoms with Crippen LogP contribution in [0.3, 0.4) is 0 Å². The maximum Gasteiger partial charge on any atom is 0.195 e. The van der Waals surface area contributed by atoms with Crippen LogP contribution in [0.2, 0.25) is 0 Å². The highest BCUT2D eigenvalue weighted by atomic mass is 127. The van der Waals surface area contributed by atoms with Crippen LogP contribution in [0.4, 0.5) is 5.69 Å². The second kappa shape index (κ2) is 17.2. The van der Waals surface area contributed by atoms with Crippen LogP contribution in [-0.4, -0.2) is 71.4 Å². The number of nitrogens with zero attached hydrogens (tertiary/aromatic N) is 1. The van der Waals surface area contributed by atoms with Crippen molar-refractivity contribution >= 4 is 35.6 Å². The van der Waals surface area contributed by atoms with Gasteiger partial charge < -0.3 is 34.3 Å². The summed E-state index contributed by atoms with van der Waals surface area (Å²) in [5.41, 5.74) is 0.921. The highest BCUT2D eigenvalue weighted by Gasteiger charge is 2.15. The van der Waals surface area contributed by atoms with Crippen LogP contribution < -0.4 is 20.1 Å². The van der Waals surface area contributed by atoms with E-state index in [2.05, 4.69) is 10.6 Å². The fraction of sp³-hybridized carbons (Fsp3) is 0.708. The van der Waals surface area contributed by atoms with Crippen LogP contribution in [0.25, 0.3) is 0 Å². The van der Waals surface area contributed by atoms with E-state index >= 15 is 0 Å². The molecular formula is C24H40IN3O5. The zero-order valence-corrected chi connectivity index (χ0v) is 22.1. The number of hydrogen-bond donors (Lipinski definition) is 2. The zero-order valence-electron chi connectivity index (χ0n) is 19.8. The topological polar surface area (TPSA) is 82.6 Å². The van der Waals surface area contributed by atoms with E-state index in [4.69, 9.17) is 28.7 Å². The van der Waals surface area contributed by atoms with Gasteiger partial charge in [0.2, 0.25) is 0 Å². The molecule has 0 spiro atoms. The third-order valence-corrected chi connectivity index (χ3v) is 5.27. The Labute approximate surface area is 215 Å². The van der Waals surface area contributed by atoms with Gasteiger partial charge in [-0.2, -0.15) is 0 Å². The molecule has 0 aliphatic carbocycles. The van der Waals surface area contributed by atoms with Gasteiger partial charge in [-0.3, -0.25) is 4.99 Å². The summed E-state index contributed by atoms with van der Waals surface area (Å²) >= 11 is 0. The summed E-state index contributed by atoms with van der Waals surface area (Å²) in [5, 5.41) is 6.82. The van der Waals surface area contributed by atoms with E-state index in [1.54, 1.807) is 0 Å². The van der Waals surface area contributed by atoms with Gasteiger partial charge in [-0.05, 0) is 51.2 Å². The average Bonchev–Trinajstić information content (AvgIpc) is 3.22. The van der Waals surface area contributed by atoms with E-state index in [0.29, 0.717) is 33.0 Å². The summed E-state index contributed by atoms with van der Waals surface area (Å²) in [7, 11) is 0. The summed E-state index contributed by atoms with van der Waals surface area (Å²) < 4.78 is 28.3. The van der Waals surface area contributed by atoms with Gasteiger partial charge in [-0.1, -0.05) is 0 Å². The molecule has 0 amide bonds. The molecule has 1 unspecified atom stereocenters. The molecular weight excluding hydrogens is 537 g/mol. The van der Waals surface area contributed by atoms with Gasteiger partial charge in [0.15, 0.2) is 17.5 Å². The molecule has 2 aliphatic heterocycles. The lowest BCUT2D eigenvalue weighted by Crippen LogP contribution is -2.32. The summed E-state index contributed by atoms with van der Waals surface area (Å²) in [6, 6.07) is 5.91. The SMILES string of the molecule is CCOCCCCNC(=NCCCOCC1CCCO1)Nc1ccc2c(c1)OCCCO2.I. The Bertz CT molecular complexity index is 686. The van der Waals surface area contributed by atoms with Crippen LogP contribution in [-0.2, 0) is 14.2 Å². The molecule has 3 rings (SSSR count). The molecule has 2 N–H and O–H groups in total. The minimum Gasteiger partial charge on any atom is -0.490 e. The van der Waals surface area contributed by atoms with E-state index in [1.165, 1.54) is 0 Å². The van der Waals surface area contributed by atoms with Crippen LogP contribution in [0, 0.1) is 0 Å². The number of nitrogens with one attached hydrogen (secondary N) is 2. The molecule has 0 aromatic heterocycles.